The number of anilines is 1. The fourth-order valence-electron chi connectivity index (χ4n) is 3.43. The summed E-state index contributed by atoms with van der Waals surface area (Å²) in [6.45, 7) is 1.59. The van der Waals surface area contributed by atoms with Gasteiger partial charge in [-0.3, -0.25) is 4.79 Å². The summed E-state index contributed by atoms with van der Waals surface area (Å²) in [7, 11) is 0. The average Bonchev–Trinajstić information content (AvgIpc) is 3.41. The lowest BCUT2D eigenvalue weighted by molar-refractivity contribution is -0.117. The van der Waals surface area contributed by atoms with Gasteiger partial charge in [0.05, 0.1) is 16.3 Å². The van der Waals surface area contributed by atoms with Gasteiger partial charge < -0.3 is 9.84 Å². The number of rotatable bonds is 5. The third-order valence-electron chi connectivity index (χ3n) is 5.04. The Hall–Kier alpha value is -3.95. The molecular formula is C23H16Cl2N6O3. The van der Waals surface area contributed by atoms with Crippen LogP contribution < -0.4 is 11.0 Å². The summed E-state index contributed by atoms with van der Waals surface area (Å²) in [5.74, 6) is 0.0723. The Kier molecular flexibility index (Phi) is 5.64. The molecule has 0 spiro atoms. The molecule has 0 radical (unpaired) electrons. The minimum absolute atomic E-state index is 0.175. The molecule has 1 amide bonds. The fourth-order valence-corrected chi connectivity index (χ4v) is 3.91. The number of aromatic nitrogens is 5. The second-order valence-electron chi connectivity index (χ2n) is 7.52. The second-order valence-corrected chi connectivity index (χ2v) is 8.36. The number of hydrogen-bond acceptors (Lipinski definition) is 6. The van der Waals surface area contributed by atoms with E-state index < -0.39 is 11.6 Å². The van der Waals surface area contributed by atoms with Crippen molar-refractivity contribution in [2.24, 2.45) is 0 Å². The van der Waals surface area contributed by atoms with Crippen molar-refractivity contribution in [1.82, 2.24) is 24.3 Å². The standard InChI is InChI=1S/C23H16Cl2N6O3/c1-13-7-8-18(17(25)10-13)26-19(32)12-31-23(33)30-9-3-6-16(21(30)28-31)22-27-20(29-34-22)14-4-2-5-15(24)11-14/h2-11H,12H2,1H3,(H,26,32). The Morgan fingerprint density at radius 2 is 1.97 bits per heavy atom. The fraction of sp³-hybridized carbons (Fsp3) is 0.0870. The molecule has 170 valence electrons. The number of nitrogens with one attached hydrogen (secondary N) is 1. The minimum Gasteiger partial charge on any atom is -0.333 e. The molecule has 0 atom stereocenters. The van der Waals surface area contributed by atoms with E-state index in [4.69, 9.17) is 27.7 Å². The van der Waals surface area contributed by atoms with Gasteiger partial charge in [-0.05, 0) is 48.9 Å². The van der Waals surface area contributed by atoms with Crippen LogP contribution in [0.3, 0.4) is 0 Å². The molecule has 3 heterocycles. The number of nitrogens with zero attached hydrogens (tertiary/aromatic N) is 5. The quantitative estimate of drug-likeness (QED) is 0.386. The molecule has 0 unspecified atom stereocenters. The van der Waals surface area contributed by atoms with Gasteiger partial charge >= 0.3 is 5.69 Å². The SMILES string of the molecule is Cc1ccc(NC(=O)Cn2nc3c(-c4nc(-c5cccc(Cl)c5)no4)cccn3c2=O)c(Cl)c1. The van der Waals surface area contributed by atoms with Gasteiger partial charge in [-0.1, -0.05) is 46.6 Å². The molecule has 11 heteroatoms. The van der Waals surface area contributed by atoms with Crippen LogP contribution in [0.1, 0.15) is 5.56 Å². The third-order valence-corrected chi connectivity index (χ3v) is 5.59. The van der Waals surface area contributed by atoms with Crippen molar-refractivity contribution in [3.63, 3.8) is 0 Å². The van der Waals surface area contributed by atoms with Crippen LogP contribution in [0.25, 0.3) is 28.5 Å². The highest BCUT2D eigenvalue weighted by molar-refractivity contribution is 6.33. The summed E-state index contributed by atoms with van der Waals surface area (Å²) in [5.41, 5.74) is 2.33. The van der Waals surface area contributed by atoms with Gasteiger partial charge in [0, 0.05) is 16.8 Å². The zero-order valence-electron chi connectivity index (χ0n) is 17.7. The maximum absolute atomic E-state index is 12.9. The van der Waals surface area contributed by atoms with Crippen molar-refractivity contribution in [2.45, 2.75) is 13.5 Å². The molecule has 5 aromatic rings. The number of amides is 1. The molecular weight excluding hydrogens is 479 g/mol. The van der Waals surface area contributed by atoms with Crippen LogP contribution in [0.15, 0.2) is 70.1 Å². The predicted molar refractivity (Wildman–Crippen MR) is 128 cm³/mol. The maximum Gasteiger partial charge on any atom is 0.350 e. The van der Waals surface area contributed by atoms with Crippen molar-refractivity contribution >= 4 is 40.4 Å². The molecule has 0 saturated heterocycles. The van der Waals surface area contributed by atoms with Gasteiger partial charge in [0.1, 0.15) is 6.54 Å². The maximum atomic E-state index is 12.9. The first-order chi connectivity index (χ1) is 16.4. The van der Waals surface area contributed by atoms with Crippen LogP contribution in [0.4, 0.5) is 5.69 Å². The largest absolute Gasteiger partial charge is 0.350 e. The molecule has 0 aliphatic carbocycles. The highest BCUT2D eigenvalue weighted by Crippen LogP contribution is 2.26. The zero-order valence-corrected chi connectivity index (χ0v) is 19.2. The topological polar surface area (TPSA) is 107 Å². The van der Waals surface area contributed by atoms with E-state index in [9.17, 15) is 9.59 Å². The summed E-state index contributed by atoms with van der Waals surface area (Å²) in [6, 6.07) is 15.7. The van der Waals surface area contributed by atoms with Crippen LogP contribution in [0.5, 0.6) is 0 Å². The normalized spacial score (nSPS) is 11.1. The van der Waals surface area contributed by atoms with Crippen molar-refractivity contribution in [2.75, 3.05) is 5.32 Å². The zero-order chi connectivity index (χ0) is 23.8. The molecule has 3 aromatic heterocycles. The first-order valence-corrected chi connectivity index (χ1v) is 10.9. The van der Waals surface area contributed by atoms with E-state index in [0.29, 0.717) is 32.7 Å². The lowest BCUT2D eigenvalue weighted by Gasteiger charge is -2.07. The van der Waals surface area contributed by atoms with Crippen LogP contribution in [-0.2, 0) is 11.3 Å². The van der Waals surface area contributed by atoms with E-state index in [2.05, 4.69) is 20.6 Å². The van der Waals surface area contributed by atoms with Gasteiger partial charge in [0.15, 0.2) is 5.65 Å². The summed E-state index contributed by atoms with van der Waals surface area (Å²) in [5, 5.41) is 12.0. The molecule has 0 fully saturated rings. The Morgan fingerprint density at radius 1 is 1.12 bits per heavy atom. The number of carbonyl (C=O) groups excluding carboxylic acids is 1. The number of aryl methyl sites for hydroxylation is 1. The predicted octanol–water partition coefficient (Wildman–Crippen LogP) is 4.47. The summed E-state index contributed by atoms with van der Waals surface area (Å²) >= 11 is 12.2. The highest BCUT2D eigenvalue weighted by atomic mass is 35.5. The summed E-state index contributed by atoms with van der Waals surface area (Å²) in [4.78, 5) is 29.8. The second kappa shape index (κ2) is 8.77. The summed E-state index contributed by atoms with van der Waals surface area (Å²) < 4.78 is 7.79. The van der Waals surface area contributed by atoms with Crippen LogP contribution in [0, 0.1) is 6.92 Å². The Labute approximate surface area is 202 Å². The Balaban J connectivity index is 1.45. The van der Waals surface area contributed by atoms with Crippen LogP contribution in [0.2, 0.25) is 10.0 Å². The summed E-state index contributed by atoms with van der Waals surface area (Å²) in [6.07, 6.45) is 1.55. The number of pyridine rings is 1. The molecule has 2 aromatic carbocycles. The Morgan fingerprint density at radius 3 is 2.76 bits per heavy atom. The highest BCUT2D eigenvalue weighted by Gasteiger charge is 2.19. The number of carbonyl (C=O) groups is 1. The monoisotopic (exact) mass is 494 g/mol. The molecule has 9 nitrogen and oxygen atoms in total. The van der Waals surface area contributed by atoms with Gasteiger partial charge in [-0.25, -0.2) is 13.9 Å². The van der Waals surface area contributed by atoms with E-state index in [0.717, 1.165) is 10.2 Å². The first kappa shape index (κ1) is 21.9. The number of benzene rings is 2. The molecule has 0 aliphatic heterocycles. The van der Waals surface area contributed by atoms with E-state index in [1.54, 1.807) is 54.7 Å². The van der Waals surface area contributed by atoms with Gasteiger partial charge in [0.25, 0.3) is 5.89 Å². The van der Waals surface area contributed by atoms with E-state index in [1.165, 1.54) is 4.40 Å². The van der Waals surface area contributed by atoms with Gasteiger partial charge in [0.2, 0.25) is 11.7 Å². The minimum atomic E-state index is -0.489. The molecule has 0 aliphatic rings. The van der Waals surface area contributed by atoms with Gasteiger partial charge in [-0.15, -0.1) is 5.10 Å². The molecule has 0 bridgehead atoms. The van der Waals surface area contributed by atoms with E-state index in [-0.39, 0.29) is 18.1 Å². The Bertz CT molecular complexity index is 1600. The molecule has 1 N–H and O–H groups in total. The lowest BCUT2D eigenvalue weighted by Crippen LogP contribution is -2.28. The van der Waals surface area contributed by atoms with Crippen molar-refractivity contribution in [1.29, 1.82) is 0 Å². The van der Waals surface area contributed by atoms with Crippen LogP contribution >= 0.6 is 23.2 Å². The smallest absolute Gasteiger partial charge is 0.333 e. The van der Waals surface area contributed by atoms with Crippen molar-refractivity contribution in [3.05, 3.63) is 86.9 Å². The average molecular weight is 495 g/mol. The number of halogens is 2. The first-order valence-electron chi connectivity index (χ1n) is 10.1. The third kappa shape index (κ3) is 4.18. The van der Waals surface area contributed by atoms with Crippen LogP contribution in [-0.4, -0.2) is 30.2 Å². The number of fused-ring (bicyclic) bond motifs is 1. The molecule has 34 heavy (non-hydrogen) atoms. The van der Waals surface area contributed by atoms with Crippen molar-refractivity contribution in [3.8, 4) is 22.8 Å². The molecule has 5 rings (SSSR count). The lowest BCUT2D eigenvalue weighted by atomic mass is 10.2. The molecule has 0 saturated carbocycles. The van der Waals surface area contributed by atoms with Gasteiger partial charge in [-0.2, -0.15) is 4.98 Å². The van der Waals surface area contributed by atoms with Crippen molar-refractivity contribution < 1.29 is 9.32 Å². The number of hydrogen-bond donors (Lipinski definition) is 1. The van der Waals surface area contributed by atoms with E-state index >= 15 is 0 Å². The van der Waals surface area contributed by atoms with E-state index in [1.807, 2.05) is 13.0 Å².